The summed E-state index contributed by atoms with van der Waals surface area (Å²) in [6.45, 7) is 3.15. The molecule has 0 bridgehead atoms. The fourth-order valence-electron chi connectivity index (χ4n) is 4.23. The first-order valence-electron chi connectivity index (χ1n) is 11.3. The Kier molecular flexibility index (Phi) is 6.32. The van der Waals surface area contributed by atoms with Crippen molar-refractivity contribution < 1.29 is 13.9 Å². The van der Waals surface area contributed by atoms with Crippen LogP contribution >= 0.6 is 22.9 Å². The molecule has 0 radical (unpaired) electrons. The van der Waals surface area contributed by atoms with Gasteiger partial charge in [-0.2, -0.15) is 0 Å². The number of rotatable bonds is 8. The van der Waals surface area contributed by atoms with Crippen LogP contribution in [0.25, 0.3) is 21.3 Å². The number of aryl methyl sites for hydroxylation is 1. The normalized spacial score (nSPS) is 13.4. The SMILES string of the molecule is COc1ccc(-c2sc(C)nc2C(=O)N(CCc2c[nH]c3ccc(F)cc23)CC2CC2)cc1Cl. The van der Waals surface area contributed by atoms with Crippen LogP contribution < -0.4 is 4.74 Å². The van der Waals surface area contributed by atoms with Crippen LogP contribution in [0.3, 0.4) is 0 Å². The van der Waals surface area contributed by atoms with Crippen molar-refractivity contribution in [2.24, 2.45) is 5.92 Å². The van der Waals surface area contributed by atoms with Gasteiger partial charge in [-0.3, -0.25) is 4.79 Å². The van der Waals surface area contributed by atoms with E-state index in [1.165, 1.54) is 17.4 Å². The monoisotopic (exact) mass is 497 g/mol. The fraction of sp³-hybridized carbons (Fsp3) is 0.308. The van der Waals surface area contributed by atoms with Gasteiger partial charge in [-0.05, 0) is 79.6 Å². The number of amides is 1. The molecule has 176 valence electrons. The molecule has 2 aromatic heterocycles. The summed E-state index contributed by atoms with van der Waals surface area (Å²) in [4.78, 5) is 24.3. The van der Waals surface area contributed by atoms with Gasteiger partial charge in [-0.15, -0.1) is 11.3 Å². The molecule has 1 aliphatic carbocycles. The molecule has 4 aromatic rings. The van der Waals surface area contributed by atoms with E-state index in [-0.39, 0.29) is 11.7 Å². The topological polar surface area (TPSA) is 58.2 Å². The number of aromatic amines is 1. The van der Waals surface area contributed by atoms with E-state index < -0.39 is 0 Å². The second kappa shape index (κ2) is 9.39. The zero-order valence-electron chi connectivity index (χ0n) is 19.0. The maximum Gasteiger partial charge on any atom is 0.274 e. The third kappa shape index (κ3) is 4.68. The van der Waals surface area contributed by atoms with Crippen LogP contribution in [0, 0.1) is 18.7 Å². The molecule has 2 aromatic carbocycles. The minimum Gasteiger partial charge on any atom is -0.495 e. The minimum absolute atomic E-state index is 0.0794. The summed E-state index contributed by atoms with van der Waals surface area (Å²) in [6, 6.07) is 10.3. The van der Waals surface area contributed by atoms with Gasteiger partial charge in [-0.25, -0.2) is 9.37 Å². The van der Waals surface area contributed by atoms with Crippen molar-refractivity contribution in [3.8, 4) is 16.2 Å². The van der Waals surface area contributed by atoms with E-state index in [1.54, 1.807) is 25.3 Å². The van der Waals surface area contributed by atoms with E-state index in [0.29, 0.717) is 41.9 Å². The number of hydrogen-bond donors (Lipinski definition) is 1. The van der Waals surface area contributed by atoms with Crippen LogP contribution in [-0.4, -0.2) is 41.0 Å². The number of carbonyl (C=O) groups excluding carboxylic acids is 1. The summed E-state index contributed by atoms with van der Waals surface area (Å²) in [5.41, 5.74) is 3.19. The van der Waals surface area contributed by atoms with E-state index in [1.807, 2.05) is 30.2 Å². The molecule has 0 atom stereocenters. The standard InChI is InChI=1S/C26H25ClFN3O2S/c1-15-30-24(25(34-15)17-5-8-23(33-2)21(27)11-17)26(32)31(14-16-3-4-16)10-9-18-13-29-22-7-6-19(28)12-20(18)22/h5-8,11-13,16,29H,3-4,9-10,14H2,1-2H3. The summed E-state index contributed by atoms with van der Waals surface area (Å²) in [5.74, 6) is 0.775. The number of hydrogen-bond acceptors (Lipinski definition) is 4. The summed E-state index contributed by atoms with van der Waals surface area (Å²) >= 11 is 7.84. The molecule has 1 saturated carbocycles. The Bertz CT molecular complexity index is 1360. The third-order valence-electron chi connectivity index (χ3n) is 6.19. The number of benzene rings is 2. The highest BCUT2D eigenvalue weighted by atomic mass is 35.5. The number of methoxy groups -OCH3 is 1. The minimum atomic E-state index is -0.264. The predicted molar refractivity (Wildman–Crippen MR) is 134 cm³/mol. The number of nitrogens with zero attached hydrogens (tertiary/aromatic N) is 2. The van der Waals surface area contributed by atoms with Crippen LogP contribution in [0.15, 0.2) is 42.6 Å². The number of ether oxygens (including phenoxy) is 1. The lowest BCUT2D eigenvalue weighted by molar-refractivity contribution is 0.0745. The zero-order valence-corrected chi connectivity index (χ0v) is 20.6. The van der Waals surface area contributed by atoms with E-state index in [4.69, 9.17) is 16.3 Å². The van der Waals surface area contributed by atoms with Crippen LogP contribution in [0.4, 0.5) is 4.39 Å². The van der Waals surface area contributed by atoms with Gasteiger partial charge in [0.25, 0.3) is 5.91 Å². The Hall–Kier alpha value is -2.90. The fourth-order valence-corrected chi connectivity index (χ4v) is 5.39. The smallest absolute Gasteiger partial charge is 0.274 e. The first-order valence-corrected chi connectivity index (χ1v) is 12.5. The molecule has 5 nitrogen and oxygen atoms in total. The number of aromatic nitrogens is 2. The lowest BCUT2D eigenvalue weighted by Crippen LogP contribution is -2.35. The van der Waals surface area contributed by atoms with Gasteiger partial charge in [0.1, 0.15) is 17.3 Å². The lowest BCUT2D eigenvalue weighted by Gasteiger charge is -2.22. The molecule has 2 heterocycles. The van der Waals surface area contributed by atoms with Crippen molar-refractivity contribution in [3.63, 3.8) is 0 Å². The maximum atomic E-state index is 13.8. The molecule has 1 fully saturated rings. The highest BCUT2D eigenvalue weighted by molar-refractivity contribution is 7.15. The summed E-state index contributed by atoms with van der Waals surface area (Å²) in [6.07, 6.45) is 4.81. The summed E-state index contributed by atoms with van der Waals surface area (Å²) < 4.78 is 19.1. The molecular formula is C26H25ClFN3O2S. The van der Waals surface area contributed by atoms with Crippen molar-refractivity contribution in [2.75, 3.05) is 20.2 Å². The quantitative estimate of drug-likeness (QED) is 0.302. The second-order valence-electron chi connectivity index (χ2n) is 8.71. The first kappa shape index (κ1) is 22.9. The average Bonchev–Trinajstić information content (AvgIpc) is 3.43. The number of H-pyrrole nitrogens is 1. The van der Waals surface area contributed by atoms with Gasteiger partial charge in [0.05, 0.1) is 22.0 Å². The van der Waals surface area contributed by atoms with Crippen LogP contribution in [-0.2, 0) is 6.42 Å². The average molecular weight is 498 g/mol. The van der Waals surface area contributed by atoms with Gasteiger partial charge in [0, 0.05) is 30.2 Å². The van der Waals surface area contributed by atoms with E-state index >= 15 is 0 Å². The van der Waals surface area contributed by atoms with Crippen LogP contribution in [0.5, 0.6) is 5.75 Å². The Labute approximate surface area is 206 Å². The number of nitrogens with one attached hydrogen (secondary N) is 1. The highest BCUT2D eigenvalue weighted by Gasteiger charge is 2.30. The summed E-state index contributed by atoms with van der Waals surface area (Å²) in [5, 5.41) is 2.17. The molecule has 34 heavy (non-hydrogen) atoms. The first-order chi connectivity index (χ1) is 16.4. The Balaban J connectivity index is 1.42. The van der Waals surface area contributed by atoms with Crippen molar-refractivity contribution in [1.82, 2.24) is 14.9 Å². The second-order valence-corrected chi connectivity index (χ2v) is 10.3. The number of carbonyl (C=O) groups is 1. The van der Waals surface area contributed by atoms with Crippen molar-refractivity contribution in [1.29, 1.82) is 0 Å². The van der Waals surface area contributed by atoms with E-state index in [0.717, 1.165) is 44.8 Å². The lowest BCUT2D eigenvalue weighted by atomic mass is 10.1. The van der Waals surface area contributed by atoms with Gasteiger partial charge in [0.15, 0.2) is 0 Å². The molecule has 0 unspecified atom stereocenters. The number of thiazole rings is 1. The molecule has 0 saturated heterocycles. The van der Waals surface area contributed by atoms with Gasteiger partial charge in [-0.1, -0.05) is 11.6 Å². The Morgan fingerprint density at radius 2 is 2.12 bits per heavy atom. The van der Waals surface area contributed by atoms with E-state index in [9.17, 15) is 9.18 Å². The highest BCUT2D eigenvalue weighted by Crippen LogP contribution is 2.36. The molecular weight excluding hydrogens is 473 g/mol. The van der Waals surface area contributed by atoms with Crippen LogP contribution in [0.1, 0.15) is 33.9 Å². The van der Waals surface area contributed by atoms with E-state index in [2.05, 4.69) is 9.97 Å². The molecule has 1 N–H and O–H groups in total. The van der Waals surface area contributed by atoms with Gasteiger partial charge >= 0.3 is 0 Å². The molecule has 5 rings (SSSR count). The summed E-state index contributed by atoms with van der Waals surface area (Å²) in [7, 11) is 1.57. The van der Waals surface area contributed by atoms with Crippen LogP contribution in [0.2, 0.25) is 5.02 Å². The molecule has 1 aliphatic rings. The van der Waals surface area contributed by atoms with Gasteiger partial charge < -0.3 is 14.6 Å². The Morgan fingerprint density at radius 1 is 1.29 bits per heavy atom. The number of fused-ring (bicyclic) bond motifs is 1. The zero-order chi connectivity index (χ0) is 23.8. The molecule has 8 heteroatoms. The third-order valence-corrected chi connectivity index (χ3v) is 7.51. The predicted octanol–water partition coefficient (Wildman–Crippen LogP) is 6.50. The van der Waals surface area contributed by atoms with Crippen molar-refractivity contribution in [3.05, 3.63) is 69.7 Å². The van der Waals surface area contributed by atoms with Crippen molar-refractivity contribution >= 4 is 39.7 Å². The number of halogens is 2. The molecule has 1 amide bonds. The van der Waals surface area contributed by atoms with Gasteiger partial charge in [0.2, 0.25) is 0 Å². The van der Waals surface area contributed by atoms with Crippen molar-refractivity contribution in [2.45, 2.75) is 26.2 Å². The molecule has 0 aliphatic heterocycles. The molecule has 0 spiro atoms. The maximum absolute atomic E-state index is 13.8. The largest absolute Gasteiger partial charge is 0.495 e. The Morgan fingerprint density at radius 3 is 2.85 bits per heavy atom.